The lowest BCUT2D eigenvalue weighted by Crippen LogP contribution is -2.05. The summed E-state index contributed by atoms with van der Waals surface area (Å²) in [5, 5.41) is 12.0. The number of benzene rings is 1. The lowest BCUT2D eigenvalue weighted by Gasteiger charge is -2.11. The molecule has 4 heteroatoms. The third kappa shape index (κ3) is 3.45. The molecule has 0 fully saturated rings. The van der Waals surface area contributed by atoms with E-state index in [2.05, 4.69) is 5.16 Å². The highest BCUT2D eigenvalue weighted by molar-refractivity contribution is 7.98. The third-order valence-electron chi connectivity index (χ3n) is 2.22. The minimum absolute atomic E-state index is 0.572. The molecule has 1 rings (SSSR count). The summed E-state index contributed by atoms with van der Waals surface area (Å²) in [6.45, 7) is 4.42. The third-order valence-corrected chi connectivity index (χ3v) is 2.79. The van der Waals surface area contributed by atoms with Crippen LogP contribution in [-0.2, 0) is 0 Å². The van der Waals surface area contributed by atoms with Crippen LogP contribution in [0.25, 0.3) is 0 Å². The van der Waals surface area contributed by atoms with E-state index < -0.39 is 0 Å². The van der Waals surface area contributed by atoms with Gasteiger partial charge in [-0.25, -0.2) is 0 Å². The lowest BCUT2D eigenvalue weighted by atomic mass is 10.1. The van der Waals surface area contributed by atoms with Gasteiger partial charge in [-0.2, -0.15) is 11.8 Å². The van der Waals surface area contributed by atoms with Gasteiger partial charge in [-0.05, 0) is 32.2 Å². The summed E-state index contributed by atoms with van der Waals surface area (Å²) in [6.07, 6.45) is 2.04. The van der Waals surface area contributed by atoms with Crippen molar-refractivity contribution in [3.63, 3.8) is 0 Å². The van der Waals surface area contributed by atoms with Crippen molar-refractivity contribution in [2.75, 3.05) is 18.6 Å². The van der Waals surface area contributed by atoms with E-state index in [1.807, 2.05) is 31.4 Å². The zero-order valence-corrected chi connectivity index (χ0v) is 10.7. The van der Waals surface area contributed by atoms with Gasteiger partial charge < -0.3 is 9.94 Å². The zero-order chi connectivity index (χ0) is 12.0. The molecule has 0 heterocycles. The van der Waals surface area contributed by atoms with E-state index >= 15 is 0 Å². The van der Waals surface area contributed by atoms with Crippen LogP contribution in [0.3, 0.4) is 0 Å². The van der Waals surface area contributed by atoms with Crippen LogP contribution in [0, 0.1) is 6.92 Å². The fraction of sp³-hybridized carbons (Fsp3) is 0.417. The van der Waals surface area contributed by atoms with Crippen LogP contribution >= 0.6 is 11.8 Å². The zero-order valence-electron chi connectivity index (χ0n) is 9.86. The molecule has 0 radical (unpaired) electrons. The fourth-order valence-electron chi connectivity index (χ4n) is 1.34. The van der Waals surface area contributed by atoms with E-state index in [0.29, 0.717) is 12.3 Å². The van der Waals surface area contributed by atoms with Crippen molar-refractivity contribution < 1.29 is 9.94 Å². The van der Waals surface area contributed by atoms with Gasteiger partial charge >= 0.3 is 0 Å². The van der Waals surface area contributed by atoms with Crippen molar-refractivity contribution in [1.82, 2.24) is 0 Å². The minimum Gasteiger partial charge on any atom is -0.492 e. The van der Waals surface area contributed by atoms with Crippen LogP contribution < -0.4 is 4.74 Å². The van der Waals surface area contributed by atoms with E-state index in [0.717, 1.165) is 22.6 Å². The SMILES string of the molecule is CSCCOc1ccc(C)cc1/C(C)=N/O. The van der Waals surface area contributed by atoms with E-state index in [1.165, 1.54) is 0 Å². The van der Waals surface area contributed by atoms with Gasteiger partial charge in [0.05, 0.1) is 12.3 Å². The maximum atomic E-state index is 8.80. The average molecular weight is 239 g/mol. The molecule has 88 valence electrons. The Bertz CT molecular complexity index is 377. The monoisotopic (exact) mass is 239 g/mol. The molecule has 3 nitrogen and oxygen atoms in total. The van der Waals surface area contributed by atoms with Gasteiger partial charge in [0.1, 0.15) is 5.75 Å². The van der Waals surface area contributed by atoms with E-state index in [1.54, 1.807) is 18.7 Å². The van der Waals surface area contributed by atoms with Crippen LogP contribution in [0.5, 0.6) is 5.75 Å². The summed E-state index contributed by atoms with van der Waals surface area (Å²) in [5.41, 5.74) is 2.54. The first kappa shape index (κ1) is 12.9. The molecule has 1 aromatic carbocycles. The van der Waals surface area contributed by atoms with E-state index in [4.69, 9.17) is 9.94 Å². The van der Waals surface area contributed by atoms with Gasteiger partial charge in [0.2, 0.25) is 0 Å². The summed E-state index contributed by atoms with van der Waals surface area (Å²) in [4.78, 5) is 0. The number of rotatable bonds is 5. The molecule has 0 saturated heterocycles. The number of ether oxygens (including phenoxy) is 1. The molecule has 1 N–H and O–H groups in total. The van der Waals surface area contributed by atoms with Gasteiger partial charge in [-0.1, -0.05) is 16.8 Å². The molecule has 0 aromatic heterocycles. The lowest BCUT2D eigenvalue weighted by molar-refractivity contribution is 0.317. The van der Waals surface area contributed by atoms with Crippen molar-refractivity contribution >= 4 is 17.5 Å². The first-order valence-corrected chi connectivity index (χ1v) is 6.50. The molecular weight excluding hydrogens is 222 g/mol. The second-order valence-corrected chi connectivity index (χ2v) is 4.51. The molecule has 0 amide bonds. The standard InChI is InChI=1S/C12H17NO2S/c1-9-4-5-12(15-6-7-16-3)11(8-9)10(2)13-14/h4-5,8,14H,6-7H2,1-3H3/b13-10+. The van der Waals surface area contributed by atoms with Gasteiger partial charge in [0.25, 0.3) is 0 Å². The Labute approximate surface area is 101 Å². The van der Waals surface area contributed by atoms with Crippen LogP contribution in [0.2, 0.25) is 0 Å². The highest BCUT2D eigenvalue weighted by Gasteiger charge is 2.07. The number of aryl methyl sites for hydroxylation is 1. The molecular formula is C12H17NO2S. The maximum absolute atomic E-state index is 8.80. The van der Waals surface area contributed by atoms with Crippen LogP contribution in [0.15, 0.2) is 23.4 Å². The normalized spacial score (nSPS) is 11.6. The summed E-state index contributed by atoms with van der Waals surface area (Å²) in [7, 11) is 0. The fourth-order valence-corrected chi connectivity index (χ4v) is 1.59. The largest absolute Gasteiger partial charge is 0.492 e. The number of oxime groups is 1. The van der Waals surface area contributed by atoms with Gasteiger partial charge in [-0.3, -0.25) is 0 Å². The molecule has 0 spiro atoms. The Balaban J connectivity index is 2.89. The van der Waals surface area contributed by atoms with Gasteiger partial charge in [-0.15, -0.1) is 0 Å². The molecule has 0 saturated carbocycles. The van der Waals surface area contributed by atoms with E-state index in [9.17, 15) is 0 Å². The smallest absolute Gasteiger partial charge is 0.128 e. The first-order valence-electron chi connectivity index (χ1n) is 5.10. The first-order chi connectivity index (χ1) is 7.69. The predicted octanol–water partition coefficient (Wildman–Crippen LogP) is 2.94. The highest BCUT2D eigenvalue weighted by Crippen LogP contribution is 2.21. The number of hydrogen-bond acceptors (Lipinski definition) is 4. The molecule has 0 aliphatic rings. The Kier molecular flexibility index (Phi) is 5.19. The molecule has 0 bridgehead atoms. The quantitative estimate of drug-likeness (QED) is 0.372. The number of nitrogens with zero attached hydrogens (tertiary/aromatic N) is 1. The summed E-state index contributed by atoms with van der Waals surface area (Å²) in [5.74, 6) is 1.72. The summed E-state index contributed by atoms with van der Waals surface area (Å²) in [6, 6.07) is 5.87. The van der Waals surface area contributed by atoms with Crippen LogP contribution in [0.1, 0.15) is 18.1 Å². The highest BCUT2D eigenvalue weighted by atomic mass is 32.2. The van der Waals surface area contributed by atoms with Crippen LogP contribution in [-0.4, -0.2) is 29.5 Å². The van der Waals surface area contributed by atoms with Crippen molar-refractivity contribution in [3.05, 3.63) is 29.3 Å². The van der Waals surface area contributed by atoms with Crippen LogP contribution in [0.4, 0.5) is 0 Å². The number of hydrogen-bond donors (Lipinski definition) is 1. The molecule has 0 unspecified atom stereocenters. The van der Waals surface area contributed by atoms with Crippen molar-refractivity contribution in [1.29, 1.82) is 0 Å². The molecule has 0 aliphatic carbocycles. The van der Waals surface area contributed by atoms with Gasteiger partial charge in [0.15, 0.2) is 0 Å². The second kappa shape index (κ2) is 6.43. The van der Waals surface area contributed by atoms with Gasteiger partial charge in [0, 0.05) is 11.3 Å². The Hall–Kier alpha value is -1.16. The topological polar surface area (TPSA) is 41.8 Å². The molecule has 1 aromatic rings. The second-order valence-electron chi connectivity index (χ2n) is 3.53. The Morgan fingerprint density at radius 3 is 2.88 bits per heavy atom. The van der Waals surface area contributed by atoms with E-state index in [-0.39, 0.29) is 0 Å². The average Bonchev–Trinajstić information content (AvgIpc) is 2.30. The minimum atomic E-state index is 0.572. The van der Waals surface area contributed by atoms with Crippen molar-refractivity contribution in [2.45, 2.75) is 13.8 Å². The Morgan fingerprint density at radius 1 is 1.50 bits per heavy atom. The molecule has 0 aliphatic heterocycles. The summed E-state index contributed by atoms with van der Waals surface area (Å²) < 4.78 is 5.64. The van der Waals surface area contributed by atoms with Crippen molar-refractivity contribution in [3.8, 4) is 5.75 Å². The van der Waals surface area contributed by atoms with Crippen molar-refractivity contribution in [2.24, 2.45) is 5.16 Å². The molecule has 16 heavy (non-hydrogen) atoms. The maximum Gasteiger partial charge on any atom is 0.128 e. The summed E-state index contributed by atoms with van der Waals surface area (Å²) >= 11 is 1.74. The number of thioether (sulfide) groups is 1. The molecule has 0 atom stereocenters. The Morgan fingerprint density at radius 2 is 2.25 bits per heavy atom. The predicted molar refractivity (Wildman–Crippen MR) is 69.1 cm³/mol.